The van der Waals surface area contributed by atoms with E-state index in [0.29, 0.717) is 13.2 Å². The third kappa shape index (κ3) is 2.31. The molecule has 4 heteroatoms. The van der Waals surface area contributed by atoms with Crippen molar-refractivity contribution in [2.45, 2.75) is 26.3 Å². The minimum Gasteiger partial charge on any atom is -0.379 e. The summed E-state index contributed by atoms with van der Waals surface area (Å²) in [4.78, 5) is 15.4. The molecule has 1 aromatic carbocycles. The molecule has 0 saturated carbocycles. The van der Waals surface area contributed by atoms with E-state index in [0.717, 1.165) is 11.9 Å². The molecule has 1 unspecified atom stereocenters. The summed E-state index contributed by atoms with van der Waals surface area (Å²) in [5.74, 6) is 0.0936. The highest BCUT2D eigenvalue weighted by Gasteiger charge is 2.41. The van der Waals surface area contributed by atoms with Crippen LogP contribution in [0, 0.1) is 5.41 Å². The average molecular weight is 272 g/mol. The summed E-state index contributed by atoms with van der Waals surface area (Å²) >= 11 is 0. The molecule has 1 aromatic heterocycles. The van der Waals surface area contributed by atoms with Crippen LogP contribution in [0.5, 0.6) is 0 Å². The van der Waals surface area contributed by atoms with E-state index < -0.39 is 0 Å². The molecule has 3 rings (SSSR count). The Labute approximate surface area is 118 Å². The Morgan fingerprint density at radius 2 is 2.20 bits per heavy atom. The van der Waals surface area contributed by atoms with Crippen molar-refractivity contribution in [3.8, 4) is 0 Å². The lowest BCUT2D eigenvalue weighted by Crippen LogP contribution is -2.54. The van der Waals surface area contributed by atoms with Crippen molar-refractivity contribution in [3.05, 3.63) is 36.0 Å². The number of hydrogen-bond donors (Lipinski definition) is 2. The van der Waals surface area contributed by atoms with E-state index in [9.17, 15) is 4.79 Å². The molecule has 0 radical (unpaired) electrons. The van der Waals surface area contributed by atoms with E-state index >= 15 is 0 Å². The number of nitrogens with one attached hydrogen (secondary N) is 2. The number of benzene rings is 1. The van der Waals surface area contributed by atoms with Crippen molar-refractivity contribution >= 4 is 16.8 Å². The predicted molar refractivity (Wildman–Crippen MR) is 78.5 cm³/mol. The molecule has 1 aliphatic rings. The first-order valence-corrected chi connectivity index (χ1v) is 7.02. The minimum absolute atomic E-state index is 0.0936. The Bertz CT molecular complexity index is 628. The van der Waals surface area contributed by atoms with Crippen LogP contribution >= 0.6 is 0 Å². The van der Waals surface area contributed by atoms with Gasteiger partial charge in [-0.25, -0.2) is 0 Å². The fourth-order valence-corrected chi connectivity index (χ4v) is 2.62. The largest absolute Gasteiger partial charge is 0.379 e. The number of aromatic nitrogens is 1. The van der Waals surface area contributed by atoms with Crippen molar-refractivity contribution in [2.24, 2.45) is 5.41 Å². The Morgan fingerprint density at radius 1 is 1.45 bits per heavy atom. The number of rotatable bonds is 4. The fraction of sp³-hybridized carbons (Fsp3) is 0.438. The molecular formula is C16H20N2O2. The molecule has 0 bridgehead atoms. The summed E-state index contributed by atoms with van der Waals surface area (Å²) < 4.78 is 5.14. The Hall–Kier alpha value is -1.81. The number of ether oxygens (including phenoxy) is 1. The topological polar surface area (TPSA) is 54.1 Å². The zero-order valence-corrected chi connectivity index (χ0v) is 11.9. The van der Waals surface area contributed by atoms with Crippen molar-refractivity contribution in [1.29, 1.82) is 0 Å². The number of fused-ring (bicyclic) bond motifs is 1. The van der Waals surface area contributed by atoms with Crippen LogP contribution in [-0.4, -0.2) is 30.1 Å². The summed E-state index contributed by atoms with van der Waals surface area (Å²) in [7, 11) is 0. The Morgan fingerprint density at radius 3 is 2.90 bits per heavy atom. The fourth-order valence-electron chi connectivity index (χ4n) is 2.62. The molecular weight excluding hydrogens is 252 g/mol. The lowest BCUT2D eigenvalue weighted by Gasteiger charge is -2.37. The van der Waals surface area contributed by atoms with Crippen LogP contribution < -0.4 is 5.32 Å². The second-order valence-corrected chi connectivity index (χ2v) is 5.99. The molecule has 4 nitrogen and oxygen atoms in total. The first-order valence-electron chi connectivity index (χ1n) is 7.02. The van der Waals surface area contributed by atoms with E-state index in [1.165, 1.54) is 10.9 Å². The molecule has 0 spiro atoms. The van der Waals surface area contributed by atoms with Gasteiger partial charge >= 0.3 is 0 Å². The third-order valence-corrected chi connectivity index (χ3v) is 3.97. The van der Waals surface area contributed by atoms with E-state index in [-0.39, 0.29) is 17.4 Å². The number of carbonyl (C=O) groups is 1. The standard InChI is InChI=1S/C16H20N2O2/c1-11(18-15(19)16(2)9-20-10-16)7-12-8-17-14-6-4-3-5-13(12)14/h3-6,8,11,17H,7,9-10H2,1-2H3,(H,18,19). The maximum atomic E-state index is 12.2. The first kappa shape index (κ1) is 13.2. The molecule has 2 aromatic rings. The zero-order valence-electron chi connectivity index (χ0n) is 11.9. The maximum absolute atomic E-state index is 12.2. The molecule has 20 heavy (non-hydrogen) atoms. The smallest absolute Gasteiger partial charge is 0.230 e. The van der Waals surface area contributed by atoms with Gasteiger partial charge in [0.1, 0.15) is 0 Å². The van der Waals surface area contributed by atoms with Crippen LogP contribution in [-0.2, 0) is 16.0 Å². The monoisotopic (exact) mass is 272 g/mol. The number of amides is 1. The highest BCUT2D eigenvalue weighted by molar-refractivity contribution is 5.84. The lowest BCUT2D eigenvalue weighted by molar-refractivity contribution is -0.158. The molecule has 1 amide bonds. The number of para-hydroxylation sites is 1. The zero-order chi connectivity index (χ0) is 14.2. The first-order chi connectivity index (χ1) is 9.58. The Balaban J connectivity index is 1.67. The predicted octanol–water partition coefficient (Wildman–Crippen LogP) is 2.25. The van der Waals surface area contributed by atoms with Gasteiger partial charge in [0.15, 0.2) is 0 Å². The third-order valence-electron chi connectivity index (χ3n) is 3.97. The van der Waals surface area contributed by atoms with Gasteiger partial charge < -0.3 is 15.0 Å². The van der Waals surface area contributed by atoms with Gasteiger partial charge in [0.05, 0.1) is 18.6 Å². The van der Waals surface area contributed by atoms with Crippen molar-refractivity contribution in [3.63, 3.8) is 0 Å². The van der Waals surface area contributed by atoms with Gasteiger partial charge in [-0.15, -0.1) is 0 Å². The SMILES string of the molecule is CC(Cc1c[nH]c2ccccc12)NC(=O)C1(C)COC1. The minimum atomic E-state index is -0.339. The van der Waals surface area contributed by atoms with Gasteiger partial charge in [0, 0.05) is 23.1 Å². The maximum Gasteiger partial charge on any atom is 0.230 e. The number of carbonyl (C=O) groups excluding carboxylic acids is 1. The number of hydrogen-bond acceptors (Lipinski definition) is 2. The van der Waals surface area contributed by atoms with Crippen molar-refractivity contribution in [1.82, 2.24) is 10.3 Å². The highest BCUT2D eigenvalue weighted by Crippen LogP contribution is 2.27. The van der Waals surface area contributed by atoms with Crippen LogP contribution in [0.4, 0.5) is 0 Å². The summed E-state index contributed by atoms with van der Waals surface area (Å²) in [6, 6.07) is 8.34. The molecule has 1 aliphatic heterocycles. The molecule has 1 saturated heterocycles. The van der Waals surface area contributed by atoms with Gasteiger partial charge in [-0.05, 0) is 31.9 Å². The normalized spacial score (nSPS) is 18.5. The Kier molecular flexibility index (Phi) is 3.26. The summed E-state index contributed by atoms with van der Waals surface area (Å²) in [5, 5.41) is 4.32. The van der Waals surface area contributed by atoms with Crippen molar-refractivity contribution < 1.29 is 9.53 Å². The summed E-state index contributed by atoms with van der Waals surface area (Å²) in [5.41, 5.74) is 2.04. The highest BCUT2D eigenvalue weighted by atomic mass is 16.5. The van der Waals surface area contributed by atoms with Crippen LogP contribution in [0.1, 0.15) is 19.4 Å². The van der Waals surface area contributed by atoms with Gasteiger partial charge in [-0.2, -0.15) is 0 Å². The average Bonchev–Trinajstić information content (AvgIpc) is 2.79. The van der Waals surface area contributed by atoms with Crippen LogP contribution in [0.25, 0.3) is 10.9 Å². The van der Waals surface area contributed by atoms with E-state index in [1.807, 2.05) is 32.2 Å². The van der Waals surface area contributed by atoms with Gasteiger partial charge in [-0.1, -0.05) is 18.2 Å². The molecule has 1 fully saturated rings. The second-order valence-electron chi connectivity index (χ2n) is 5.99. The second kappa shape index (κ2) is 4.94. The lowest BCUT2D eigenvalue weighted by atomic mass is 9.87. The van der Waals surface area contributed by atoms with Crippen LogP contribution in [0.3, 0.4) is 0 Å². The summed E-state index contributed by atoms with van der Waals surface area (Å²) in [6.45, 7) is 5.05. The number of H-pyrrole nitrogens is 1. The number of aromatic amines is 1. The molecule has 2 heterocycles. The van der Waals surface area contributed by atoms with Gasteiger partial charge in [-0.3, -0.25) is 4.79 Å². The van der Waals surface area contributed by atoms with Crippen LogP contribution in [0.2, 0.25) is 0 Å². The van der Waals surface area contributed by atoms with E-state index in [4.69, 9.17) is 4.74 Å². The molecule has 0 aliphatic carbocycles. The molecule has 1 atom stereocenters. The molecule has 2 N–H and O–H groups in total. The van der Waals surface area contributed by atoms with E-state index in [1.54, 1.807) is 0 Å². The van der Waals surface area contributed by atoms with Crippen molar-refractivity contribution in [2.75, 3.05) is 13.2 Å². The van der Waals surface area contributed by atoms with Crippen LogP contribution in [0.15, 0.2) is 30.5 Å². The quantitative estimate of drug-likeness (QED) is 0.897. The molecule has 106 valence electrons. The van der Waals surface area contributed by atoms with Gasteiger partial charge in [0.2, 0.25) is 5.91 Å². The van der Waals surface area contributed by atoms with Gasteiger partial charge in [0.25, 0.3) is 0 Å². The van der Waals surface area contributed by atoms with E-state index in [2.05, 4.69) is 22.4 Å². The summed E-state index contributed by atoms with van der Waals surface area (Å²) in [6.07, 6.45) is 2.86.